The lowest BCUT2D eigenvalue weighted by atomic mass is 10.1. The van der Waals surface area contributed by atoms with Crippen LogP contribution in [0.25, 0.3) is 10.9 Å². The number of benzene rings is 2. The number of aromatic nitrogens is 1. The van der Waals surface area contributed by atoms with Crippen molar-refractivity contribution in [3.8, 4) is 5.75 Å². The van der Waals surface area contributed by atoms with Crippen LogP contribution in [0, 0.1) is 6.92 Å². The minimum atomic E-state index is -0.374. The number of esters is 1. The molecule has 98 valence electrons. The maximum Gasteiger partial charge on any atom is 0.343 e. The second-order valence-electron chi connectivity index (χ2n) is 4.54. The molecule has 0 unspecified atom stereocenters. The lowest BCUT2D eigenvalue weighted by Crippen LogP contribution is -2.08. The molecule has 0 bridgehead atoms. The molecule has 0 N–H and O–H groups in total. The van der Waals surface area contributed by atoms with Crippen molar-refractivity contribution in [1.29, 1.82) is 0 Å². The van der Waals surface area contributed by atoms with Crippen molar-refractivity contribution >= 4 is 16.9 Å². The van der Waals surface area contributed by atoms with E-state index in [1.807, 2.05) is 43.3 Å². The molecule has 0 aliphatic heterocycles. The quantitative estimate of drug-likeness (QED) is 0.522. The Bertz CT molecular complexity index is 766. The highest BCUT2D eigenvalue weighted by Gasteiger charge is 2.11. The van der Waals surface area contributed by atoms with E-state index in [1.165, 1.54) is 0 Å². The number of para-hydroxylation sites is 1. The second-order valence-corrected chi connectivity index (χ2v) is 4.54. The van der Waals surface area contributed by atoms with Crippen molar-refractivity contribution in [2.45, 2.75) is 6.92 Å². The van der Waals surface area contributed by atoms with Gasteiger partial charge in [-0.25, -0.2) is 4.79 Å². The first-order valence-corrected chi connectivity index (χ1v) is 6.37. The van der Waals surface area contributed by atoms with E-state index in [0.717, 1.165) is 10.9 Å². The average Bonchev–Trinajstić information content (AvgIpc) is 2.49. The van der Waals surface area contributed by atoms with Crippen LogP contribution in [0.1, 0.15) is 15.9 Å². The summed E-state index contributed by atoms with van der Waals surface area (Å²) < 4.78 is 5.47. The maximum atomic E-state index is 12.1. The number of fused-ring (bicyclic) bond motifs is 1. The van der Waals surface area contributed by atoms with Crippen LogP contribution in [0.15, 0.2) is 60.8 Å². The van der Waals surface area contributed by atoms with Gasteiger partial charge in [-0.05, 0) is 36.8 Å². The molecule has 3 aromatic rings. The fourth-order valence-corrected chi connectivity index (χ4v) is 2.10. The first-order valence-electron chi connectivity index (χ1n) is 6.37. The molecule has 0 atom stereocenters. The number of carbonyl (C=O) groups excluding carboxylic acids is 1. The van der Waals surface area contributed by atoms with E-state index in [9.17, 15) is 4.79 Å². The van der Waals surface area contributed by atoms with Crippen LogP contribution in [0.3, 0.4) is 0 Å². The summed E-state index contributed by atoms with van der Waals surface area (Å²) in [6.45, 7) is 2.01. The highest BCUT2D eigenvalue weighted by atomic mass is 16.5. The monoisotopic (exact) mass is 263 g/mol. The molecule has 0 saturated heterocycles. The standard InChI is InChI=1S/C17H13NO2/c1-12-10-11-18-16-14(12)8-5-9-15(16)20-17(19)13-6-3-2-4-7-13/h2-11H,1H3. The lowest BCUT2D eigenvalue weighted by molar-refractivity contribution is 0.0737. The van der Waals surface area contributed by atoms with E-state index in [0.29, 0.717) is 16.8 Å². The smallest absolute Gasteiger partial charge is 0.343 e. The van der Waals surface area contributed by atoms with Crippen molar-refractivity contribution in [2.24, 2.45) is 0 Å². The number of nitrogens with zero attached hydrogens (tertiary/aromatic N) is 1. The highest BCUT2D eigenvalue weighted by molar-refractivity contribution is 5.94. The van der Waals surface area contributed by atoms with E-state index < -0.39 is 0 Å². The molecule has 2 aromatic carbocycles. The Kier molecular flexibility index (Phi) is 3.17. The van der Waals surface area contributed by atoms with E-state index in [2.05, 4.69) is 4.98 Å². The fraction of sp³-hybridized carbons (Fsp3) is 0.0588. The largest absolute Gasteiger partial charge is 0.421 e. The highest BCUT2D eigenvalue weighted by Crippen LogP contribution is 2.26. The second kappa shape index (κ2) is 5.13. The van der Waals surface area contributed by atoms with Gasteiger partial charge < -0.3 is 4.74 Å². The molecular formula is C17H13NO2. The summed E-state index contributed by atoms with van der Waals surface area (Å²) in [5.74, 6) is 0.112. The molecule has 3 nitrogen and oxygen atoms in total. The average molecular weight is 263 g/mol. The van der Waals surface area contributed by atoms with Gasteiger partial charge in [0, 0.05) is 11.6 Å². The van der Waals surface area contributed by atoms with E-state index in [4.69, 9.17) is 4.74 Å². The van der Waals surface area contributed by atoms with Gasteiger partial charge >= 0.3 is 5.97 Å². The fourth-order valence-electron chi connectivity index (χ4n) is 2.10. The topological polar surface area (TPSA) is 39.2 Å². The van der Waals surface area contributed by atoms with Crippen LogP contribution in [0.2, 0.25) is 0 Å². The van der Waals surface area contributed by atoms with Gasteiger partial charge in [0.05, 0.1) is 5.56 Å². The Labute approximate surface area is 116 Å². The first kappa shape index (κ1) is 12.4. The summed E-state index contributed by atoms with van der Waals surface area (Å²) in [5.41, 5.74) is 2.33. The Balaban J connectivity index is 2.00. The molecule has 0 amide bonds. The molecule has 0 spiro atoms. The summed E-state index contributed by atoms with van der Waals surface area (Å²) in [6.07, 6.45) is 1.72. The number of pyridine rings is 1. The molecule has 0 radical (unpaired) electrons. The van der Waals surface area contributed by atoms with Crippen molar-refractivity contribution in [3.63, 3.8) is 0 Å². The van der Waals surface area contributed by atoms with Crippen LogP contribution >= 0.6 is 0 Å². The van der Waals surface area contributed by atoms with Gasteiger partial charge in [0.1, 0.15) is 5.52 Å². The minimum absolute atomic E-state index is 0.374. The molecule has 0 fully saturated rings. The van der Waals surface area contributed by atoms with Crippen LogP contribution in [0.4, 0.5) is 0 Å². The van der Waals surface area contributed by atoms with Crippen molar-refractivity contribution in [1.82, 2.24) is 4.98 Å². The maximum absolute atomic E-state index is 12.1. The van der Waals surface area contributed by atoms with Gasteiger partial charge in [0.25, 0.3) is 0 Å². The van der Waals surface area contributed by atoms with Crippen LogP contribution in [0.5, 0.6) is 5.75 Å². The predicted octanol–water partition coefficient (Wildman–Crippen LogP) is 3.76. The summed E-state index contributed by atoms with van der Waals surface area (Å²) in [6, 6.07) is 16.5. The first-order chi connectivity index (χ1) is 9.75. The van der Waals surface area contributed by atoms with E-state index in [1.54, 1.807) is 24.4 Å². The predicted molar refractivity (Wildman–Crippen MR) is 77.9 cm³/mol. The van der Waals surface area contributed by atoms with Gasteiger partial charge in [0.2, 0.25) is 0 Å². The normalized spacial score (nSPS) is 10.4. The summed E-state index contributed by atoms with van der Waals surface area (Å²) in [5, 5.41) is 0.992. The number of carbonyl (C=O) groups is 1. The summed E-state index contributed by atoms with van der Waals surface area (Å²) in [7, 11) is 0. The van der Waals surface area contributed by atoms with Gasteiger partial charge in [0.15, 0.2) is 5.75 Å². The molecule has 3 rings (SSSR count). The Hall–Kier alpha value is -2.68. The van der Waals surface area contributed by atoms with Gasteiger partial charge in [-0.1, -0.05) is 30.3 Å². The van der Waals surface area contributed by atoms with Crippen LogP contribution in [-0.4, -0.2) is 11.0 Å². The van der Waals surface area contributed by atoms with Crippen LogP contribution in [-0.2, 0) is 0 Å². The van der Waals surface area contributed by atoms with Crippen LogP contribution < -0.4 is 4.74 Å². The molecule has 0 saturated carbocycles. The van der Waals surface area contributed by atoms with Crippen molar-refractivity contribution in [2.75, 3.05) is 0 Å². The van der Waals surface area contributed by atoms with E-state index >= 15 is 0 Å². The number of hydrogen-bond donors (Lipinski definition) is 0. The third kappa shape index (κ3) is 2.26. The number of ether oxygens (including phenoxy) is 1. The number of rotatable bonds is 2. The molecular weight excluding hydrogens is 250 g/mol. The molecule has 20 heavy (non-hydrogen) atoms. The SMILES string of the molecule is Cc1ccnc2c(OC(=O)c3ccccc3)cccc12. The van der Waals surface area contributed by atoms with Crippen molar-refractivity contribution < 1.29 is 9.53 Å². The number of aryl methyl sites for hydroxylation is 1. The molecule has 1 aromatic heterocycles. The molecule has 0 aliphatic rings. The molecule has 1 heterocycles. The Morgan fingerprint density at radius 1 is 1.00 bits per heavy atom. The Morgan fingerprint density at radius 3 is 2.60 bits per heavy atom. The lowest BCUT2D eigenvalue weighted by Gasteiger charge is -2.08. The minimum Gasteiger partial charge on any atom is -0.421 e. The third-order valence-electron chi connectivity index (χ3n) is 3.16. The third-order valence-corrected chi connectivity index (χ3v) is 3.16. The zero-order valence-corrected chi connectivity index (χ0v) is 11.0. The van der Waals surface area contributed by atoms with E-state index in [-0.39, 0.29) is 5.97 Å². The van der Waals surface area contributed by atoms with Gasteiger partial charge in [-0.15, -0.1) is 0 Å². The zero-order chi connectivity index (χ0) is 13.9. The van der Waals surface area contributed by atoms with Crippen molar-refractivity contribution in [3.05, 3.63) is 71.9 Å². The summed E-state index contributed by atoms with van der Waals surface area (Å²) in [4.78, 5) is 16.4. The van der Waals surface area contributed by atoms with Gasteiger partial charge in [-0.3, -0.25) is 4.98 Å². The number of hydrogen-bond acceptors (Lipinski definition) is 3. The molecule has 0 aliphatic carbocycles. The van der Waals surface area contributed by atoms with Gasteiger partial charge in [-0.2, -0.15) is 0 Å². The zero-order valence-electron chi connectivity index (χ0n) is 11.0. The summed E-state index contributed by atoms with van der Waals surface area (Å²) >= 11 is 0. The Morgan fingerprint density at radius 2 is 1.80 bits per heavy atom. The molecule has 3 heteroatoms.